The van der Waals surface area contributed by atoms with E-state index >= 15 is 0 Å². The number of fused-ring (bicyclic) bond motifs is 2. The molecular weight excluding hydrogens is 196 g/mol. The third-order valence-electron chi connectivity index (χ3n) is 5.11. The van der Waals surface area contributed by atoms with E-state index in [-0.39, 0.29) is 0 Å². The predicted molar refractivity (Wildman–Crippen MR) is 67.5 cm³/mol. The first-order valence-electron chi connectivity index (χ1n) is 7.33. The second-order valence-corrected chi connectivity index (χ2v) is 6.19. The van der Waals surface area contributed by atoms with Gasteiger partial charge in [0, 0.05) is 25.2 Å². The van der Waals surface area contributed by atoms with E-state index < -0.39 is 0 Å². The molecule has 3 fully saturated rings. The van der Waals surface area contributed by atoms with Crippen molar-refractivity contribution < 1.29 is 0 Å². The lowest BCUT2D eigenvalue weighted by Crippen LogP contribution is -2.39. The third kappa shape index (κ3) is 2.14. The van der Waals surface area contributed by atoms with E-state index in [0.29, 0.717) is 0 Å². The molecule has 1 N–H and O–H groups in total. The molecule has 0 aromatic heterocycles. The van der Waals surface area contributed by atoms with Crippen LogP contribution in [0.4, 0.5) is 0 Å². The summed E-state index contributed by atoms with van der Waals surface area (Å²) in [6.45, 7) is 6.33. The van der Waals surface area contributed by atoms with Gasteiger partial charge in [-0.05, 0) is 50.5 Å². The molecule has 0 aromatic carbocycles. The fraction of sp³-hybridized carbons (Fsp3) is 1.00. The van der Waals surface area contributed by atoms with Crippen LogP contribution in [0.2, 0.25) is 0 Å². The molecule has 1 saturated carbocycles. The van der Waals surface area contributed by atoms with Crippen LogP contribution in [-0.4, -0.2) is 36.6 Å². The fourth-order valence-corrected chi connectivity index (χ4v) is 3.84. The van der Waals surface area contributed by atoms with Gasteiger partial charge in [-0.15, -0.1) is 0 Å². The molecular formula is C14H26N2. The normalized spacial score (nSPS) is 38.2. The van der Waals surface area contributed by atoms with Crippen molar-refractivity contribution >= 4 is 0 Å². The Morgan fingerprint density at radius 3 is 2.50 bits per heavy atom. The van der Waals surface area contributed by atoms with Crippen molar-refractivity contribution in [3.05, 3.63) is 0 Å². The predicted octanol–water partition coefficient (Wildman–Crippen LogP) is 2.25. The van der Waals surface area contributed by atoms with Crippen molar-refractivity contribution in [2.75, 3.05) is 19.6 Å². The molecule has 3 atom stereocenters. The van der Waals surface area contributed by atoms with Crippen molar-refractivity contribution in [3.8, 4) is 0 Å². The second-order valence-electron chi connectivity index (χ2n) is 6.19. The van der Waals surface area contributed by atoms with Gasteiger partial charge in [-0.2, -0.15) is 0 Å². The number of nitrogens with one attached hydrogen (secondary N) is 1. The van der Waals surface area contributed by atoms with Crippen LogP contribution in [0.15, 0.2) is 0 Å². The van der Waals surface area contributed by atoms with Gasteiger partial charge in [-0.3, -0.25) is 0 Å². The minimum atomic E-state index is 0.862. The van der Waals surface area contributed by atoms with E-state index in [0.717, 1.165) is 23.9 Å². The first-order chi connectivity index (χ1) is 7.85. The molecule has 3 unspecified atom stereocenters. The summed E-state index contributed by atoms with van der Waals surface area (Å²) in [5, 5.41) is 3.76. The maximum absolute atomic E-state index is 3.76. The minimum Gasteiger partial charge on any atom is -0.311 e. The molecule has 0 amide bonds. The van der Waals surface area contributed by atoms with E-state index in [2.05, 4.69) is 17.1 Å². The van der Waals surface area contributed by atoms with Crippen molar-refractivity contribution in [1.29, 1.82) is 0 Å². The lowest BCUT2D eigenvalue weighted by atomic mass is 9.84. The van der Waals surface area contributed by atoms with Crippen LogP contribution in [0.3, 0.4) is 0 Å². The Hall–Kier alpha value is -0.0800. The monoisotopic (exact) mass is 222 g/mol. The van der Waals surface area contributed by atoms with Crippen LogP contribution in [0.5, 0.6) is 0 Å². The van der Waals surface area contributed by atoms with Gasteiger partial charge >= 0.3 is 0 Å². The van der Waals surface area contributed by atoms with Crippen molar-refractivity contribution in [2.45, 2.75) is 57.5 Å². The standard InChI is InChI=1S/C14H26N2/c1-2-16(9-11-4-3-5-11)10-12-8-13-6-7-14(12)15-13/h11-15H,2-10H2,1H3. The second kappa shape index (κ2) is 4.66. The molecule has 1 aliphatic carbocycles. The number of rotatable bonds is 5. The highest BCUT2D eigenvalue weighted by atomic mass is 15.1. The summed E-state index contributed by atoms with van der Waals surface area (Å²) < 4.78 is 0. The van der Waals surface area contributed by atoms with Crippen molar-refractivity contribution in [1.82, 2.24) is 10.2 Å². The van der Waals surface area contributed by atoms with Crippen LogP contribution in [0.25, 0.3) is 0 Å². The Bertz CT molecular complexity index is 237. The molecule has 2 heterocycles. The summed E-state index contributed by atoms with van der Waals surface area (Å²) >= 11 is 0. The van der Waals surface area contributed by atoms with E-state index in [1.165, 1.54) is 58.2 Å². The zero-order valence-corrected chi connectivity index (χ0v) is 10.6. The summed E-state index contributed by atoms with van der Waals surface area (Å²) in [6.07, 6.45) is 8.80. The SMILES string of the molecule is CCN(CC1CCC1)CC1CC2CCC1N2. The van der Waals surface area contributed by atoms with Crippen LogP contribution in [0.1, 0.15) is 45.4 Å². The maximum Gasteiger partial charge on any atom is 0.0111 e. The number of nitrogens with zero attached hydrogens (tertiary/aromatic N) is 1. The van der Waals surface area contributed by atoms with Gasteiger partial charge in [0.05, 0.1) is 0 Å². The van der Waals surface area contributed by atoms with E-state index in [1.54, 1.807) is 0 Å². The van der Waals surface area contributed by atoms with Gasteiger partial charge in [-0.25, -0.2) is 0 Å². The molecule has 16 heavy (non-hydrogen) atoms. The van der Waals surface area contributed by atoms with E-state index in [1.807, 2.05) is 0 Å². The van der Waals surface area contributed by atoms with E-state index in [9.17, 15) is 0 Å². The Morgan fingerprint density at radius 2 is 2.00 bits per heavy atom. The number of hydrogen-bond acceptors (Lipinski definition) is 2. The topological polar surface area (TPSA) is 15.3 Å². The summed E-state index contributed by atoms with van der Waals surface area (Å²) in [6, 6.07) is 1.73. The highest BCUT2D eigenvalue weighted by Gasteiger charge is 2.39. The van der Waals surface area contributed by atoms with Crippen LogP contribution in [-0.2, 0) is 0 Å². The van der Waals surface area contributed by atoms with Gasteiger partial charge in [-0.1, -0.05) is 13.3 Å². The molecule has 2 bridgehead atoms. The third-order valence-corrected chi connectivity index (χ3v) is 5.11. The quantitative estimate of drug-likeness (QED) is 0.767. The molecule has 2 heteroatoms. The summed E-state index contributed by atoms with van der Waals surface area (Å²) in [7, 11) is 0. The summed E-state index contributed by atoms with van der Waals surface area (Å²) in [5.74, 6) is 1.99. The molecule has 3 rings (SSSR count). The largest absolute Gasteiger partial charge is 0.311 e. The van der Waals surface area contributed by atoms with E-state index in [4.69, 9.17) is 0 Å². The average Bonchev–Trinajstić information content (AvgIpc) is 2.82. The zero-order chi connectivity index (χ0) is 11.0. The molecule has 0 aromatic rings. The van der Waals surface area contributed by atoms with Gasteiger partial charge in [0.25, 0.3) is 0 Å². The van der Waals surface area contributed by atoms with Gasteiger partial charge in [0.15, 0.2) is 0 Å². The Labute approximate surface area is 99.8 Å². The van der Waals surface area contributed by atoms with Crippen LogP contribution in [0, 0.1) is 11.8 Å². The first kappa shape index (κ1) is 11.0. The molecule has 0 radical (unpaired) electrons. The Kier molecular flexibility index (Phi) is 3.21. The lowest BCUT2D eigenvalue weighted by molar-refractivity contribution is 0.155. The lowest BCUT2D eigenvalue weighted by Gasteiger charge is -2.34. The highest BCUT2D eigenvalue weighted by Crippen LogP contribution is 2.34. The molecule has 0 spiro atoms. The van der Waals surface area contributed by atoms with Gasteiger partial charge in [0.2, 0.25) is 0 Å². The summed E-state index contributed by atoms with van der Waals surface area (Å²) in [5.41, 5.74) is 0. The average molecular weight is 222 g/mol. The fourth-order valence-electron chi connectivity index (χ4n) is 3.84. The van der Waals surface area contributed by atoms with Gasteiger partial charge < -0.3 is 10.2 Å². The molecule has 3 aliphatic rings. The molecule has 92 valence electrons. The maximum atomic E-state index is 3.76. The molecule has 2 aliphatic heterocycles. The zero-order valence-electron chi connectivity index (χ0n) is 10.6. The smallest absolute Gasteiger partial charge is 0.0111 e. The summed E-state index contributed by atoms with van der Waals surface area (Å²) in [4.78, 5) is 2.72. The van der Waals surface area contributed by atoms with Gasteiger partial charge in [0.1, 0.15) is 0 Å². The first-order valence-corrected chi connectivity index (χ1v) is 7.33. The molecule has 2 saturated heterocycles. The Morgan fingerprint density at radius 1 is 1.12 bits per heavy atom. The minimum absolute atomic E-state index is 0.862. The number of hydrogen-bond donors (Lipinski definition) is 1. The van der Waals surface area contributed by atoms with Crippen molar-refractivity contribution in [2.24, 2.45) is 11.8 Å². The highest BCUT2D eigenvalue weighted by molar-refractivity contribution is 4.98. The van der Waals surface area contributed by atoms with Crippen LogP contribution >= 0.6 is 0 Å². The molecule has 2 nitrogen and oxygen atoms in total. The van der Waals surface area contributed by atoms with Crippen LogP contribution < -0.4 is 5.32 Å². The Balaban J connectivity index is 1.48. The van der Waals surface area contributed by atoms with Crippen molar-refractivity contribution in [3.63, 3.8) is 0 Å².